The van der Waals surface area contributed by atoms with Gasteiger partial charge in [-0.3, -0.25) is 10.1 Å². The van der Waals surface area contributed by atoms with Gasteiger partial charge in [-0.25, -0.2) is 14.0 Å². The van der Waals surface area contributed by atoms with E-state index in [-0.39, 0.29) is 5.82 Å². The number of carbonyl (C=O) groups excluding carboxylic acids is 3. The lowest BCUT2D eigenvalue weighted by molar-refractivity contribution is -0.149. The van der Waals surface area contributed by atoms with Crippen molar-refractivity contribution in [3.05, 3.63) is 41.7 Å². The van der Waals surface area contributed by atoms with Crippen LogP contribution in [0.2, 0.25) is 0 Å². The van der Waals surface area contributed by atoms with Crippen molar-refractivity contribution >= 4 is 24.0 Å². The second-order valence-electron chi connectivity index (χ2n) is 3.82. The van der Waals surface area contributed by atoms with Crippen molar-refractivity contribution in [3.63, 3.8) is 0 Å². The normalized spacial score (nSPS) is 11.9. The zero-order valence-electron chi connectivity index (χ0n) is 10.6. The smallest absolute Gasteiger partial charge is 0.331 e. The zero-order valence-corrected chi connectivity index (χ0v) is 10.6. The van der Waals surface area contributed by atoms with Gasteiger partial charge in [0.2, 0.25) is 0 Å². The fourth-order valence-corrected chi connectivity index (χ4v) is 1.23. The number of esters is 1. The Bertz CT molecular complexity index is 540. The van der Waals surface area contributed by atoms with Crippen LogP contribution in [0, 0.1) is 5.82 Å². The van der Waals surface area contributed by atoms with E-state index in [4.69, 9.17) is 10.5 Å². The summed E-state index contributed by atoms with van der Waals surface area (Å²) in [5.74, 6) is -1.98. The minimum Gasteiger partial charge on any atom is -0.449 e. The summed E-state index contributed by atoms with van der Waals surface area (Å²) in [6.45, 7) is 1.29. The summed E-state index contributed by atoms with van der Waals surface area (Å²) in [5, 5.41) is 1.78. The minimum absolute atomic E-state index is 0.388. The molecular formula is C13H13FN2O4. The second kappa shape index (κ2) is 7.03. The molecule has 0 aliphatic carbocycles. The van der Waals surface area contributed by atoms with E-state index in [0.717, 1.165) is 6.08 Å². The van der Waals surface area contributed by atoms with Gasteiger partial charge in [0.05, 0.1) is 0 Å². The first-order valence-electron chi connectivity index (χ1n) is 5.63. The number of primary amides is 1. The molecule has 0 heterocycles. The number of hydrogen-bond acceptors (Lipinski definition) is 4. The molecule has 0 fully saturated rings. The highest BCUT2D eigenvalue weighted by atomic mass is 19.1. The maximum atomic E-state index is 12.7. The van der Waals surface area contributed by atoms with E-state index in [1.165, 1.54) is 37.3 Å². The van der Waals surface area contributed by atoms with Crippen LogP contribution in [0.3, 0.4) is 0 Å². The highest BCUT2D eigenvalue weighted by molar-refractivity contribution is 5.97. The van der Waals surface area contributed by atoms with E-state index in [2.05, 4.69) is 0 Å². The number of ether oxygens (including phenoxy) is 1. The summed E-state index contributed by atoms with van der Waals surface area (Å²) < 4.78 is 17.4. The number of amides is 3. The SMILES string of the molecule is CC(OC(=O)/C=C/c1ccc(F)cc1)C(=O)NC(N)=O. The third kappa shape index (κ3) is 5.30. The van der Waals surface area contributed by atoms with Crippen molar-refractivity contribution in [2.24, 2.45) is 5.73 Å². The molecule has 0 radical (unpaired) electrons. The van der Waals surface area contributed by atoms with Crippen molar-refractivity contribution in [3.8, 4) is 0 Å². The van der Waals surface area contributed by atoms with Crippen molar-refractivity contribution in [2.75, 3.05) is 0 Å². The molecule has 1 rings (SSSR count). The highest BCUT2D eigenvalue weighted by Gasteiger charge is 2.17. The number of halogens is 1. The van der Waals surface area contributed by atoms with E-state index in [0.29, 0.717) is 5.56 Å². The lowest BCUT2D eigenvalue weighted by Crippen LogP contribution is -2.42. The molecule has 7 heteroatoms. The van der Waals surface area contributed by atoms with Crippen molar-refractivity contribution in [1.82, 2.24) is 5.32 Å². The van der Waals surface area contributed by atoms with E-state index >= 15 is 0 Å². The Morgan fingerprint density at radius 3 is 2.45 bits per heavy atom. The van der Waals surface area contributed by atoms with E-state index in [9.17, 15) is 18.8 Å². The second-order valence-corrected chi connectivity index (χ2v) is 3.82. The molecule has 1 unspecified atom stereocenters. The fourth-order valence-electron chi connectivity index (χ4n) is 1.23. The highest BCUT2D eigenvalue weighted by Crippen LogP contribution is 2.05. The average Bonchev–Trinajstić information content (AvgIpc) is 2.37. The maximum absolute atomic E-state index is 12.7. The van der Waals surface area contributed by atoms with Crippen LogP contribution in [-0.2, 0) is 14.3 Å². The minimum atomic E-state index is -1.16. The molecule has 1 aromatic carbocycles. The predicted octanol–water partition coefficient (Wildman–Crippen LogP) is 0.966. The third-order valence-electron chi connectivity index (χ3n) is 2.19. The zero-order chi connectivity index (χ0) is 15.1. The van der Waals surface area contributed by atoms with Gasteiger partial charge in [-0.1, -0.05) is 12.1 Å². The van der Waals surface area contributed by atoms with Crippen molar-refractivity contribution in [1.29, 1.82) is 0 Å². The standard InChI is InChI=1S/C13H13FN2O4/c1-8(12(18)16-13(15)19)20-11(17)7-4-9-2-5-10(14)6-3-9/h2-8H,1H3,(H3,15,16,18,19)/b7-4+. The Morgan fingerprint density at radius 2 is 1.90 bits per heavy atom. The molecule has 0 aliphatic rings. The number of nitrogens with one attached hydrogen (secondary N) is 1. The van der Waals surface area contributed by atoms with Crippen LogP contribution in [0.1, 0.15) is 12.5 Å². The van der Waals surface area contributed by atoms with E-state index in [1.54, 1.807) is 5.32 Å². The monoisotopic (exact) mass is 280 g/mol. The van der Waals surface area contributed by atoms with Crippen LogP contribution in [0.25, 0.3) is 6.08 Å². The molecule has 1 aromatic rings. The quantitative estimate of drug-likeness (QED) is 0.634. The molecule has 6 nitrogen and oxygen atoms in total. The van der Waals surface area contributed by atoms with Crippen LogP contribution >= 0.6 is 0 Å². The molecule has 3 amide bonds. The Hall–Kier alpha value is -2.70. The van der Waals surface area contributed by atoms with Crippen molar-refractivity contribution < 1.29 is 23.5 Å². The molecule has 0 aromatic heterocycles. The van der Waals surface area contributed by atoms with Crippen LogP contribution in [0.15, 0.2) is 30.3 Å². The van der Waals surface area contributed by atoms with Gasteiger partial charge in [0.15, 0.2) is 6.10 Å². The summed E-state index contributed by atoms with van der Waals surface area (Å²) in [5.41, 5.74) is 5.35. The summed E-state index contributed by atoms with van der Waals surface area (Å²) in [4.78, 5) is 33.1. The number of benzene rings is 1. The first kappa shape index (κ1) is 15.4. The number of nitrogens with two attached hydrogens (primary N) is 1. The largest absolute Gasteiger partial charge is 0.449 e. The van der Waals surface area contributed by atoms with Crippen LogP contribution in [0.5, 0.6) is 0 Å². The first-order chi connectivity index (χ1) is 9.38. The Morgan fingerprint density at radius 1 is 1.30 bits per heavy atom. The van der Waals surface area contributed by atoms with Gasteiger partial charge < -0.3 is 10.5 Å². The lowest BCUT2D eigenvalue weighted by atomic mass is 10.2. The molecular weight excluding hydrogens is 267 g/mol. The summed E-state index contributed by atoms with van der Waals surface area (Å²) >= 11 is 0. The molecule has 0 aliphatic heterocycles. The van der Waals surface area contributed by atoms with Gasteiger partial charge in [0.1, 0.15) is 5.82 Å². The number of carbonyl (C=O) groups is 3. The molecule has 0 bridgehead atoms. The van der Waals surface area contributed by atoms with Crippen LogP contribution in [0.4, 0.5) is 9.18 Å². The number of rotatable bonds is 4. The average molecular weight is 280 g/mol. The van der Waals surface area contributed by atoms with Gasteiger partial charge in [-0.05, 0) is 30.7 Å². The number of urea groups is 1. The maximum Gasteiger partial charge on any atom is 0.331 e. The van der Waals surface area contributed by atoms with Crippen LogP contribution < -0.4 is 11.1 Å². The molecule has 0 spiro atoms. The van der Waals surface area contributed by atoms with E-state index < -0.39 is 24.0 Å². The molecule has 1 atom stereocenters. The molecule has 0 saturated carbocycles. The number of imide groups is 1. The first-order valence-corrected chi connectivity index (χ1v) is 5.63. The third-order valence-corrected chi connectivity index (χ3v) is 2.19. The van der Waals surface area contributed by atoms with Gasteiger partial charge in [-0.2, -0.15) is 0 Å². The molecule has 106 valence electrons. The van der Waals surface area contributed by atoms with E-state index in [1.807, 2.05) is 0 Å². The molecule has 3 N–H and O–H groups in total. The van der Waals surface area contributed by atoms with Gasteiger partial charge in [0, 0.05) is 6.08 Å². The Kier molecular flexibility index (Phi) is 5.40. The summed E-state index contributed by atoms with van der Waals surface area (Å²) in [6, 6.07) is 4.41. The fraction of sp³-hybridized carbons (Fsp3) is 0.154. The molecule has 20 heavy (non-hydrogen) atoms. The number of hydrogen-bond donors (Lipinski definition) is 2. The Balaban J connectivity index is 2.52. The predicted molar refractivity (Wildman–Crippen MR) is 68.7 cm³/mol. The summed E-state index contributed by atoms with van der Waals surface area (Å²) in [7, 11) is 0. The molecule has 0 saturated heterocycles. The van der Waals surface area contributed by atoms with Gasteiger partial charge >= 0.3 is 12.0 Å². The summed E-state index contributed by atoms with van der Waals surface area (Å²) in [6.07, 6.45) is 1.33. The Labute approximate surface area is 114 Å². The lowest BCUT2D eigenvalue weighted by Gasteiger charge is -2.09. The topological polar surface area (TPSA) is 98.5 Å². The van der Waals surface area contributed by atoms with Gasteiger partial charge in [-0.15, -0.1) is 0 Å². The van der Waals surface area contributed by atoms with Crippen LogP contribution in [-0.4, -0.2) is 24.0 Å². The van der Waals surface area contributed by atoms with Crippen molar-refractivity contribution in [2.45, 2.75) is 13.0 Å². The van der Waals surface area contributed by atoms with Gasteiger partial charge in [0.25, 0.3) is 5.91 Å².